The molecule has 3 heterocycles. The average molecular weight is 489 g/mol. The van der Waals surface area contributed by atoms with Crippen molar-refractivity contribution >= 4 is 52.7 Å². The number of carbonyl (C=O) groups excluding carboxylic acids is 1. The fourth-order valence-electron chi connectivity index (χ4n) is 3.32. The van der Waals surface area contributed by atoms with E-state index in [-0.39, 0.29) is 5.91 Å². The third-order valence-electron chi connectivity index (χ3n) is 5.07. The highest BCUT2D eigenvalue weighted by Gasteiger charge is 2.28. The van der Waals surface area contributed by atoms with Gasteiger partial charge in [-0.1, -0.05) is 23.0 Å². The third kappa shape index (κ3) is 6.15. The molecular formula is C23H25ClN4O2S2. The molecule has 1 atom stereocenters. The van der Waals surface area contributed by atoms with Crippen molar-refractivity contribution in [2.24, 2.45) is 0 Å². The summed E-state index contributed by atoms with van der Waals surface area (Å²) in [6.45, 7) is 6.05. The molecule has 2 aliphatic rings. The van der Waals surface area contributed by atoms with Crippen LogP contribution in [-0.4, -0.2) is 44.6 Å². The van der Waals surface area contributed by atoms with Gasteiger partial charge in [0.2, 0.25) is 0 Å². The van der Waals surface area contributed by atoms with Crippen LogP contribution in [0, 0.1) is 11.3 Å². The number of morpholine rings is 1. The maximum absolute atomic E-state index is 12.9. The van der Waals surface area contributed by atoms with Gasteiger partial charge in [0.15, 0.2) is 0 Å². The molecule has 0 bridgehead atoms. The van der Waals surface area contributed by atoms with Crippen LogP contribution in [0.3, 0.4) is 0 Å². The van der Waals surface area contributed by atoms with Gasteiger partial charge in [0.05, 0.1) is 31.9 Å². The Labute approximate surface area is 202 Å². The van der Waals surface area contributed by atoms with E-state index in [0.717, 1.165) is 18.1 Å². The van der Waals surface area contributed by atoms with Crippen molar-refractivity contribution in [3.63, 3.8) is 0 Å². The van der Waals surface area contributed by atoms with E-state index in [1.165, 1.54) is 24.4 Å². The maximum Gasteiger partial charge on any atom is 0.258 e. The normalized spacial score (nSPS) is 18.9. The number of nitrogens with zero attached hydrogens (tertiary/aromatic N) is 1. The van der Waals surface area contributed by atoms with Gasteiger partial charge in [-0.3, -0.25) is 4.79 Å². The molecule has 3 N–H and O–H groups in total. The van der Waals surface area contributed by atoms with Gasteiger partial charge in [0, 0.05) is 32.4 Å². The first-order valence-corrected chi connectivity index (χ1v) is 11.9. The van der Waals surface area contributed by atoms with Gasteiger partial charge >= 0.3 is 0 Å². The Bertz CT molecular complexity index is 1040. The average Bonchev–Trinajstić information content (AvgIpc) is 3.30. The van der Waals surface area contributed by atoms with Gasteiger partial charge in [0.1, 0.15) is 13.1 Å². The second-order valence-corrected chi connectivity index (χ2v) is 9.29. The van der Waals surface area contributed by atoms with Gasteiger partial charge in [-0.25, -0.2) is 0 Å². The maximum atomic E-state index is 12.9. The molecule has 168 valence electrons. The summed E-state index contributed by atoms with van der Waals surface area (Å²) in [7, 11) is 2.20. The predicted octanol–water partition coefficient (Wildman–Crippen LogP) is 2.60. The number of thiophene rings is 1. The highest BCUT2D eigenvalue weighted by molar-refractivity contribution is 7.59. The van der Waals surface area contributed by atoms with E-state index in [1.54, 1.807) is 36.1 Å². The van der Waals surface area contributed by atoms with Crippen molar-refractivity contribution in [3.8, 4) is 6.07 Å². The number of dihydropyridines is 1. The van der Waals surface area contributed by atoms with Gasteiger partial charge in [-0.15, -0.1) is 11.3 Å². The van der Waals surface area contributed by atoms with Gasteiger partial charge in [0.25, 0.3) is 5.91 Å². The number of nitriles is 1. The molecule has 1 amide bonds. The second kappa shape index (κ2) is 11.5. The monoisotopic (exact) mass is 488 g/mol. The highest BCUT2D eigenvalue weighted by Crippen LogP contribution is 2.36. The SMILES string of the molecule is CC1=C(C(=O)Nc2ccc(Cl)cc2)C(c2cccs2)=C(C#N)C([S-])N1.C[NH+]1CCOCC1. The molecule has 2 aromatic rings. The number of quaternary nitrogens is 1. The van der Waals surface area contributed by atoms with Crippen LogP contribution in [0.5, 0.6) is 0 Å². The number of ether oxygens (including phenoxy) is 1. The number of amides is 1. The molecule has 9 heteroatoms. The fraction of sp³-hybridized carbons (Fsp3) is 0.304. The largest absolute Gasteiger partial charge is 0.763 e. The summed E-state index contributed by atoms with van der Waals surface area (Å²) in [5.74, 6) is -0.301. The van der Waals surface area contributed by atoms with Crippen LogP contribution in [-0.2, 0) is 22.2 Å². The predicted molar refractivity (Wildman–Crippen MR) is 131 cm³/mol. The zero-order valence-corrected chi connectivity index (χ0v) is 20.3. The molecular weight excluding hydrogens is 464 g/mol. The third-order valence-corrected chi connectivity index (χ3v) is 6.56. The molecule has 0 saturated carbocycles. The van der Waals surface area contributed by atoms with E-state index in [0.29, 0.717) is 33.1 Å². The molecule has 4 rings (SSSR count). The second-order valence-electron chi connectivity index (χ2n) is 7.43. The number of nitrogens with one attached hydrogen (secondary N) is 3. The van der Waals surface area contributed by atoms with E-state index in [4.69, 9.17) is 29.0 Å². The minimum atomic E-state index is -0.561. The molecule has 6 nitrogen and oxygen atoms in total. The Kier molecular flexibility index (Phi) is 8.79. The molecule has 0 aliphatic carbocycles. The topological polar surface area (TPSA) is 78.6 Å². The quantitative estimate of drug-likeness (QED) is 0.579. The minimum Gasteiger partial charge on any atom is -0.763 e. The van der Waals surface area contributed by atoms with E-state index in [2.05, 4.69) is 23.8 Å². The highest BCUT2D eigenvalue weighted by atomic mass is 35.5. The van der Waals surface area contributed by atoms with Crippen molar-refractivity contribution < 1.29 is 14.4 Å². The molecule has 0 radical (unpaired) electrons. The molecule has 1 aromatic carbocycles. The van der Waals surface area contributed by atoms with Crippen molar-refractivity contribution in [1.29, 1.82) is 5.26 Å². The van der Waals surface area contributed by atoms with E-state index in [1.807, 2.05) is 17.5 Å². The summed E-state index contributed by atoms with van der Waals surface area (Å²) < 4.78 is 5.12. The van der Waals surface area contributed by atoms with Gasteiger partial charge in [-0.05, 0) is 42.6 Å². The van der Waals surface area contributed by atoms with Gasteiger partial charge < -0.3 is 32.9 Å². The molecule has 1 aromatic heterocycles. The summed E-state index contributed by atoms with van der Waals surface area (Å²) in [4.78, 5) is 15.4. The van der Waals surface area contributed by atoms with Crippen LogP contribution in [0.1, 0.15) is 11.8 Å². The summed E-state index contributed by atoms with van der Waals surface area (Å²) in [6.07, 6.45) is 0. The van der Waals surface area contributed by atoms with E-state index >= 15 is 0 Å². The molecule has 2 aliphatic heterocycles. The lowest BCUT2D eigenvalue weighted by molar-refractivity contribution is -0.888. The smallest absolute Gasteiger partial charge is 0.258 e. The number of halogens is 1. The summed E-state index contributed by atoms with van der Waals surface area (Å²) in [5.41, 5.74) is 2.67. The first kappa shape index (κ1) is 24.4. The van der Waals surface area contributed by atoms with Crippen molar-refractivity contribution in [1.82, 2.24) is 5.32 Å². The summed E-state index contributed by atoms with van der Waals surface area (Å²) in [6, 6.07) is 12.8. The summed E-state index contributed by atoms with van der Waals surface area (Å²) in [5, 5.41) is 17.4. The van der Waals surface area contributed by atoms with Crippen LogP contribution in [0.25, 0.3) is 5.57 Å². The van der Waals surface area contributed by atoms with E-state index < -0.39 is 5.37 Å². The van der Waals surface area contributed by atoms with Crippen LogP contribution in [0.4, 0.5) is 5.69 Å². The number of carbonyl (C=O) groups is 1. The van der Waals surface area contributed by atoms with Crippen molar-refractivity contribution in [2.75, 3.05) is 38.7 Å². The number of rotatable bonds is 3. The lowest BCUT2D eigenvalue weighted by Gasteiger charge is -2.33. The van der Waals surface area contributed by atoms with Crippen LogP contribution >= 0.6 is 22.9 Å². The summed E-state index contributed by atoms with van der Waals surface area (Å²) >= 11 is 12.7. The number of hydrogen-bond donors (Lipinski definition) is 3. The zero-order chi connectivity index (χ0) is 23.1. The van der Waals surface area contributed by atoms with Gasteiger partial charge in [-0.2, -0.15) is 5.26 Å². The molecule has 1 unspecified atom stereocenters. The first-order valence-electron chi connectivity index (χ1n) is 10.2. The molecule has 32 heavy (non-hydrogen) atoms. The van der Waals surface area contributed by atoms with Crippen LogP contribution in [0.2, 0.25) is 5.02 Å². The Morgan fingerprint density at radius 3 is 2.53 bits per heavy atom. The lowest BCUT2D eigenvalue weighted by atomic mass is 9.93. The van der Waals surface area contributed by atoms with Crippen LogP contribution in [0.15, 0.2) is 58.6 Å². The van der Waals surface area contributed by atoms with Crippen molar-refractivity contribution in [2.45, 2.75) is 12.3 Å². The molecule has 1 fully saturated rings. The molecule has 1 saturated heterocycles. The zero-order valence-electron chi connectivity index (χ0n) is 17.9. The Morgan fingerprint density at radius 1 is 1.31 bits per heavy atom. The van der Waals surface area contributed by atoms with E-state index in [9.17, 15) is 10.1 Å². The lowest BCUT2D eigenvalue weighted by Crippen LogP contribution is -3.11. The standard InChI is InChI=1S/C18H14ClN3OS2.C5H11NO/c1-10-15(17(23)22-12-6-4-11(19)5-7-12)16(14-3-2-8-25-14)13(9-20)18(24)21-10;1-6-2-4-7-5-3-6/h2-8,18,21,24H,1H3,(H,22,23);2-5H2,1H3. The fourth-order valence-corrected chi connectivity index (χ4v) is 4.58. The molecule has 0 spiro atoms. The minimum absolute atomic E-state index is 0.301. The Balaban J connectivity index is 0.000000352. The number of anilines is 1. The number of benzene rings is 1. The van der Waals surface area contributed by atoms with Crippen LogP contribution < -0.4 is 15.5 Å². The number of hydrogen-bond acceptors (Lipinski definition) is 6. The number of allylic oxidation sites excluding steroid dienone is 1. The number of likely N-dealkylation sites (N-methyl/N-ethyl adjacent to an activating group) is 1. The first-order chi connectivity index (χ1) is 15.4. The Morgan fingerprint density at radius 2 is 2.00 bits per heavy atom. The van der Waals surface area contributed by atoms with Crippen molar-refractivity contribution in [3.05, 3.63) is 68.5 Å². The Hall–Kier alpha value is -2.28.